The normalized spacial score (nSPS) is 11.0. The molecule has 1 heterocycles. The Balaban J connectivity index is 1.80. The minimum atomic E-state index is -0.377. The summed E-state index contributed by atoms with van der Waals surface area (Å²) in [6, 6.07) is 13.0. The van der Waals surface area contributed by atoms with Gasteiger partial charge in [0.25, 0.3) is 0 Å². The monoisotopic (exact) mass is 326 g/mol. The molecule has 0 aliphatic carbocycles. The molecule has 0 bridgehead atoms. The molecule has 2 aromatic carbocycles. The zero-order chi connectivity index (χ0) is 16.2. The Morgan fingerprint density at radius 1 is 1.13 bits per heavy atom. The molecule has 0 spiro atoms. The van der Waals surface area contributed by atoms with E-state index in [1.54, 1.807) is 36.5 Å². The van der Waals surface area contributed by atoms with Crippen LogP contribution in [0.25, 0.3) is 17.0 Å². The number of carbonyl (C=O) groups is 1. The van der Waals surface area contributed by atoms with Crippen molar-refractivity contribution in [1.29, 1.82) is 0 Å². The third-order valence-electron chi connectivity index (χ3n) is 3.26. The van der Waals surface area contributed by atoms with Crippen LogP contribution in [0.15, 0.2) is 60.8 Å². The first-order chi connectivity index (χ1) is 11.1. The van der Waals surface area contributed by atoms with Crippen LogP contribution in [0.4, 0.5) is 10.1 Å². The van der Waals surface area contributed by atoms with Crippen LogP contribution in [-0.2, 0) is 4.79 Å². The summed E-state index contributed by atoms with van der Waals surface area (Å²) in [6.07, 6.45) is 4.66. The molecule has 1 aromatic heterocycles. The Morgan fingerprint density at radius 2 is 1.91 bits per heavy atom. The van der Waals surface area contributed by atoms with Crippen molar-refractivity contribution in [2.24, 2.45) is 0 Å². The molecule has 23 heavy (non-hydrogen) atoms. The number of amides is 1. The van der Waals surface area contributed by atoms with Crippen molar-refractivity contribution in [3.05, 3.63) is 77.2 Å². The topological polar surface area (TPSA) is 42.0 Å². The van der Waals surface area contributed by atoms with Crippen LogP contribution >= 0.6 is 11.6 Å². The van der Waals surface area contributed by atoms with Crippen LogP contribution in [0.1, 0.15) is 5.56 Å². The molecular formula is C18H12ClFN2O. The van der Waals surface area contributed by atoms with E-state index in [0.717, 1.165) is 5.56 Å². The Labute approximate surface area is 137 Å². The Morgan fingerprint density at radius 3 is 2.70 bits per heavy atom. The average molecular weight is 327 g/mol. The number of halogens is 2. The van der Waals surface area contributed by atoms with Gasteiger partial charge in [-0.1, -0.05) is 23.7 Å². The third-order valence-corrected chi connectivity index (χ3v) is 3.51. The lowest BCUT2D eigenvalue weighted by Gasteiger charge is -2.06. The molecule has 1 N–H and O–H groups in total. The van der Waals surface area contributed by atoms with Crippen molar-refractivity contribution >= 4 is 40.2 Å². The van der Waals surface area contributed by atoms with E-state index in [-0.39, 0.29) is 11.7 Å². The fourth-order valence-electron chi connectivity index (χ4n) is 2.15. The second kappa shape index (κ2) is 6.58. The fraction of sp³-hybridized carbons (Fsp3) is 0. The number of hydrogen-bond acceptors (Lipinski definition) is 2. The van der Waals surface area contributed by atoms with E-state index >= 15 is 0 Å². The van der Waals surface area contributed by atoms with Crippen LogP contribution < -0.4 is 5.32 Å². The zero-order valence-corrected chi connectivity index (χ0v) is 12.7. The smallest absolute Gasteiger partial charge is 0.248 e. The number of carbonyl (C=O) groups excluding carboxylic acids is 1. The summed E-state index contributed by atoms with van der Waals surface area (Å²) in [6.45, 7) is 0. The first-order valence-corrected chi connectivity index (χ1v) is 7.28. The van der Waals surface area contributed by atoms with E-state index in [1.165, 1.54) is 18.2 Å². The van der Waals surface area contributed by atoms with Gasteiger partial charge in [-0.15, -0.1) is 0 Å². The number of nitrogens with one attached hydrogen (secondary N) is 1. The highest BCUT2D eigenvalue weighted by Gasteiger charge is 2.05. The summed E-state index contributed by atoms with van der Waals surface area (Å²) < 4.78 is 13.4. The van der Waals surface area contributed by atoms with Gasteiger partial charge in [-0.25, -0.2) is 4.39 Å². The summed E-state index contributed by atoms with van der Waals surface area (Å²) in [4.78, 5) is 16.2. The zero-order valence-electron chi connectivity index (χ0n) is 12.0. The van der Waals surface area contributed by atoms with Gasteiger partial charge in [0.1, 0.15) is 5.82 Å². The molecule has 3 rings (SSSR count). The quantitative estimate of drug-likeness (QED) is 0.710. The molecule has 5 heteroatoms. The SMILES string of the molecule is O=C(/C=C/c1ccc(Cl)cc1)Nc1ccnc2ccc(F)cc12. The Hall–Kier alpha value is -2.72. The summed E-state index contributed by atoms with van der Waals surface area (Å²) in [5.74, 6) is -0.686. The molecule has 0 saturated heterocycles. The van der Waals surface area contributed by atoms with Gasteiger partial charge in [0, 0.05) is 22.7 Å². The number of nitrogens with zero attached hydrogens (tertiary/aromatic N) is 1. The Kier molecular flexibility index (Phi) is 4.35. The number of fused-ring (bicyclic) bond motifs is 1. The lowest BCUT2D eigenvalue weighted by Crippen LogP contribution is -2.08. The van der Waals surface area contributed by atoms with Gasteiger partial charge in [0.05, 0.1) is 11.2 Å². The van der Waals surface area contributed by atoms with E-state index in [0.29, 0.717) is 21.6 Å². The van der Waals surface area contributed by atoms with E-state index in [1.807, 2.05) is 12.1 Å². The summed E-state index contributed by atoms with van der Waals surface area (Å²) in [5, 5.41) is 3.93. The maximum absolute atomic E-state index is 13.4. The third kappa shape index (κ3) is 3.73. The summed E-state index contributed by atoms with van der Waals surface area (Å²) in [5.41, 5.74) is 1.99. The first kappa shape index (κ1) is 15.2. The fourth-order valence-corrected chi connectivity index (χ4v) is 2.27. The number of pyridine rings is 1. The number of hydrogen-bond donors (Lipinski definition) is 1. The minimum absolute atomic E-state index is 0.309. The molecule has 0 radical (unpaired) electrons. The highest BCUT2D eigenvalue weighted by atomic mass is 35.5. The van der Waals surface area contributed by atoms with Crippen LogP contribution in [0, 0.1) is 5.82 Å². The van der Waals surface area contributed by atoms with Crippen molar-refractivity contribution in [1.82, 2.24) is 4.98 Å². The lowest BCUT2D eigenvalue weighted by atomic mass is 10.1. The molecule has 114 valence electrons. The predicted octanol–water partition coefficient (Wildman–Crippen LogP) is 4.68. The molecule has 0 saturated carbocycles. The highest BCUT2D eigenvalue weighted by molar-refractivity contribution is 6.30. The molecule has 0 aliphatic rings. The first-order valence-electron chi connectivity index (χ1n) is 6.91. The highest BCUT2D eigenvalue weighted by Crippen LogP contribution is 2.22. The van der Waals surface area contributed by atoms with Crippen molar-refractivity contribution in [2.45, 2.75) is 0 Å². The molecule has 3 nitrogen and oxygen atoms in total. The molecule has 1 amide bonds. The van der Waals surface area contributed by atoms with Crippen molar-refractivity contribution in [2.75, 3.05) is 5.32 Å². The second-order valence-corrected chi connectivity index (χ2v) is 5.33. The van der Waals surface area contributed by atoms with Crippen LogP contribution in [0.2, 0.25) is 5.02 Å². The van der Waals surface area contributed by atoms with Gasteiger partial charge >= 0.3 is 0 Å². The lowest BCUT2D eigenvalue weighted by molar-refractivity contribution is -0.111. The van der Waals surface area contributed by atoms with E-state index in [4.69, 9.17) is 11.6 Å². The second-order valence-electron chi connectivity index (χ2n) is 4.89. The predicted molar refractivity (Wildman–Crippen MR) is 90.8 cm³/mol. The van der Waals surface area contributed by atoms with Crippen LogP contribution in [0.5, 0.6) is 0 Å². The number of aromatic nitrogens is 1. The average Bonchev–Trinajstić information content (AvgIpc) is 2.55. The van der Waals surface area contributed by atoms with E-state index in [2.05, 4.69) is 10.3 Å². The summed E-state index contributed by atoms with van der Waals surface area (Å²) in [7, 11) is 0. The van der Waals surface area contributed by atoms with Gasteiger partial charge in [0.15, 0.2) is 0 Å². The van der Waals surface area contributed by atoms with Gasteiger partial charge in [-0.05, 0) is 48.0 Å². The van der Waals surface area contributed by atoms with Gasteiger partial charge in [0.2, 0.25) is 5.91 Å². The van der Waals surface area contributed by atoms with Crippen LogP contribution in [0.3, 0.4) is 0 Å². The molecule has 0 fully saturated rings. The number of benzene rings is 2. The van der Waals surface area contributed by atoms with Crippen molar-refractivity contribution in [3.63, 3.8) is 0 Å². The molecular weight excluding hydrogens is 315 g/mol. The van der Waals surface area contributed by atoms with Crippen molar-refractivity contribution < 1.29 is 9.18 Å². The molecule has 0 aliphatic heterocycles. The minimum Gasteiger partial charge on any atom is -0.322 e. The van der Waals surface area contributed by atoms with E-state index in [9.17, 15) is 9.18 Å². The molecule has 3 aromatic rings. The maximum atomic E-state index is 13.4. The molecule has 0 atom stereocenters. The van der Waals surface area contributed by atoms with Gasteiger partial charge < -0.3 is 5.32 Å². The number of anilines is 1. The summed E-state index contributed by atoms with van der Waals surface area (Å²) >= 11 is 5.81. The largest absolute Gasteiger partial charge is 0.322 e. The maximum Gasteiger partial charge on any atom is 0.248 e. The van der Waals surface area contributed by atoms with Gasteiger partial charge in [-0.2, -0.15) is 0 Å². The van der Waals surface area contributed by atoms with Gasteiger partial charge in [-0.3, -0.25) is 9.78 Å². The Bertz CT molecular complexity index is 891. The van der Waals surface area contributed by atoms with E-state index < -0.39 is 0 Å². The standard InChI is InChI=1S/C18H12ClFN2O/c19-13-4-1-12(2-5-13)3-8-18(23)22-17-9-10-21-16-7-6-14(20)11-15(16)17/h1-11H,(H,21,22,23)/b8-3+. The molecule has 0 unspecified atom stereocenters. The number of rotatable bonds is 3. The van der Waals surface area contributed by atoms with Crippen LogP contribution in [-0.4, -0.2) is 10.9 Å². The van der Waals surface area contributed by atoms with Crippen molar-refractivity contribution in [3.8, 4) is 0 Å².